The summed E-state index contributed by atoms with van der Waals surface area (Å²) in [7, 11) is 0. The Hall–Kier alpha value is 0.984. The van der Waals surface area contributed by atoms with Gasteiger partial charge in [0.05, 0.1) is 0 Å². The average Bonchev–Trinajstić information content (AvgIpc) is 2.34. The molecule has 2 aromatic rings. The van der Waals surface area contributed by atoms with Gasteiger partial charge < -0.3 is 50.9 Å². The molecule has 2 rings (SSSR count). The Morgan fingerprint density at radius 2 is 1.60 bits per heavy atom. The summed E-state index contributed by atoms with van der Waals surface area (Å²) in [5.41, 5.74) is 2.73. The topological polar surface area (TPSA) is 0 Å². The van der Waals surface area contributed by atoms with E-state index >= 15 is 0 Å². The van der Waals surface area contributed by atoms with E-state index < -0.39 is 0 Å². The van der Waals surface area contributed by atoms with Gasteiger partial charge in [-0.25, -0.2) is 0 Å². The van der Waals surface area contributed by atoms with Gasteiger partial charge in [0.2, 0.25) is 0 Å². The van der Waals surface area contributed by atoms with Crippen molar-refractivity contribution in [2.45, 2.75) is 13.8 Å². The van der Waals surface area contributed by atoms with Crippen molar-refractivity contribution in [1.29, 1.82) is 0 Å². The fourth-order valence-electron chi connectivity index (χ4n) is 1.63. The van der Waals surface area contributed by atoms with E-state index in [1.54, 1.807) is 0 Å². The van der Waals surface area contributed by atoms with Crippen LogP contribution in [0.25, 0.3) is 10.8 Å². The molecule has 0 aromatic heterocycles. The molecule has 0 atom stereocenters. The van der Waals surface area contributed by atoms with Crippen LogP contribution >= 0.6 is 0 Å². The second kappa shape index (κ2) is 9.06. The number of halogens is 3. The number of benzene rings is 1. The molecular weight excluding hydrogens is 420 g/mol. The molecule has 0 nitrogen and oxygen atoms in total. The van der Waals surface area contributed by atoms with Gasteiger partial charge in [-0.2, -0.15) is 12.1 Å². The molecule has 0 aliphatic rings. The number of aryl methyl sites for hydroxylation is 2. The molecule has 0 aliphatic carbocycles. The van der Waals surface area contributed by atoms with Crippen LogP contribution in [-0.2, 0) is 21.7 Å². The molecule has 0 amide bonds. The Morgan fingerprint density at radius 1 is 1.00 bits per heavy atom. The Balaban J connectivity index is -0.000000360. The zero-order chi connectivity index (χ0) is 7.84. The van der Waals surface area contributed by atoms with Crippen molar-refractivity contribution in [1.82, 2.24) is 0 Å². The average molecular weight is 431 g/mol. The predicted octanol–water partition coefficient (Wildman–Crippen LogP) is -5.81. The number of hydrogen-bond acceptors (Lipinski definition) is 0. The molecule has 4 heteroatoms. The van der Waals surface area contributed by atoms with Gasteiger partial charge in [-0.05, 0) is 13.8 Å². The molecule has 80 valence electrons. The van der Waals surface area contributed by atoms with Gasteiger partial charge in [-0.15, -0.1) is 22.9 Å². The van der Waals surface area contributed by atoms with Crippen LogP contribution in [0.4, 0.5) is 0 Å². The Morgan fingerprint density at radius 3 is 2.20 bits per heavy atom. The molecule has 0 heterocycles. The number of hydrogen-bond donors (Lipinski definition) is 0. The smallest absolute Gasteiger partial charge is 1.00 e. The quantitative estimate of drug-likeness (QED) is 0.289. The van der Waals surface area contributed by atoms with E-state index in [9.17, 15) is 0 Å². The molecule has 0 saturated carbocycles. The minimum atomic E-state index is 0. The van der Waals surface area contributed by atoms with E-state index in [1.165, 1.54) is 21.9 Å². The third-order valence-electron chi connectivity index (χ3n) is 2.10. The molecule has 0 bridgehead atoms. The molecule has 2 aromatic carbocycles. The van der Waals surface area contributed by atoms with Gasteiger partial charge in [0, 0.05) is 0 Å². The fraction of sp³-hybridized carbons (Fsp3) is 0.182. The van der Waals surface area contributed by atoms with E-state index in [2.05, 4.69) is 44.2 Å². The minimum absolute atomic E-state index is 0. The van der Waals surface area contributed by atoms with Crippen LogP contribution in [0.3, 0.4) is 0 Å². The van der Waals surface area contributed by atoms with Crippen LogP contribution in [0.15, 0.2) is 30.3 Å². The summed E-state index contributed by atoms with van der Waals surface area (Å²) in [6, 6.07) is 10.9. The third kappa shape index (κ3) is 4.78. The second-order valence-electron chi connectivity index (χ2n) is 3.11. The molecule has 15 heavy (non-hydrogen) atoms. The van der Waals surface area contributed by atoms with Crippen LogP contribution in [0.5, 0.6) is 0 Å². The summed E-state index contributed by atoms with van der Waals surface area (Å²) >= 11 is 0. The van der Waals surface area contributed by atoms with E-state index in [-0.39, 0.29) is 72.7 Å². The summed E-state index contributed by atoms with van der Waals surface area (Å²) in [6.45, 7) is 4.30. The standard InChI is InChI=1S/C11H11.3BrH.Ti/c1-8-6-9(2)11-5-3-4-10(11)7-8;;;;/h3-7H,1-2H3;3*1H;/q-1;;;;+4/p-3. The first kappa shape index (κ1) is 21.3. The van der Waals surface area contributed by atoms with E-state index in [1.807, 2.05) is 0 Å². The van der Waals surface area contributed by atoms with Crippen LogP contribution in [0.1, 0.15) is 11.1 Å². The molecular formula is C11H11Br3Ti. The first-order chi connectivity index (χ1) is 5.27. The number of fused-ring (bicyclic) bond motifs is 1. The van der Waals surface area contributed by atoms with Crippen molar-refractivity contribution in [3.05, 3.63) is 41.5 Å². The molecule has 0 saturated heterocycles. The minimum Gasteiger partial charge on any atom is -1.00 e. The SMILES string of the molecule is Cc1cc(C)c2cc[cH-]c2c1.[Br-].[Br-].[Br-].[Ti+4]. The van der Waals surface area contributed by atoms with Crippen LogP contribution in [0, 0.1) is 13.8 Å². The van der Waals surface area contributed by atoms with Crippen molar-refractivity contribution in [3.63, 3.8) is 0 Å². The Labute approximate surface area is 137 Å². The van der Waals surface area contributed by atoms with Gasteiger partial charge in [0.25, 0.3) is 0 Å². The second-order valence-corrected chi connectivity index (χ2v) is 3.11. The van der Waals surface area contributed by atoms with Crippen molar-refractivity contribution < 1.29 is 72.7 Å². The number of rotatable bonds is 0. The molecule has 0 aliphatic heterocycles. The van der Waals surface area contributed by atoms with Crippen molar-refractivity contribution in [2.75, 3.05) is 0 Å². The normalized spacial score (nSPS) is 7.87. The summed E-state index contributed by atoms with van der Waals surface area (Å²) in [4.78, 5) is 0. The molecule has 0 N–H and O–H groups in total. The van der Waals surface area contributed by atoms with Crippen LogP contribution in [0.2, 0.25) is 0 Å². The Kier molecular flexibility index (Phi) is 12.9. The van der Waals surface area contributed by atoms with Crippen LogP contribution < -0.4 is 50.9 Å². The first-order valence-electron chi connectivity index (χ1n) is 3.90. The maximum atomic E-state index is 2.22. The predicted molar refractivity (Wildman–Crippen MR) is 49.0 cm³/mol. The monoisotopic (exact) mass is 428 g/mol. The van der Waals surface area contributed by atoms with Gasteiger partial charge in [0.1, 0.15) is 0 Å². The molecule has 0 radical (unpaired) electrons. The summed E-state index contributed by atoms with van der Waals surface area (Å²) in [5, 5.41) is 2.75. The van der Waals surface area contributed by atoms with Gasteiger partial charge in [0.15, 0.2) is 0 Å². The summed E-state index contributed by atoms with van der Waals surface area (Å²) in [6.07, 6.45) is 0. The summed E-state index contributed by atoms with van der Waals surface area (Å²) in [5.74, 6) is 0. The maximum absolute atomic E-state index is 2.22. The van der Waals surface area contributed by atoms with E-state index in [4.69, 9.17) is 0 Å². The van der Waals surface area contributed by atoms with Crippen LogP contribution in [-0.4, -0.2) is 0 Å². The zero-order valence-corrected chi connectivity index (χ0v) is 14.8. The summed E-state index contributed by atoms with van der Waals surface area (Å²) < 4.78 is 0. The Bertz CT molecular complexity index is 396. The molecule has 0 fully saturated rings. The van der Waals surface area contributed by atoms with Gasteiger partial charge in [-0.1, -0.05) is 17.2 Å². The molecule has 0 unspecified atom stereocenters. The van der Waals surface area contributed by atoms with Crippen molar-refractivity contribution >= 4 is 10.8 Å². The zero-order valence-electron chi connectivity index (χ0n) is 8.52. The van der Waals surface area contributed by atoms with Crippen molar-refractivity contribution in [2.24, 2.45) is 0 Å². The maximum Gasteiger partial charge on any atom is 4.00 e. The van der Waals surface area contributed by atoms with E-state index in [0.29, 0.717) is 0 Å². The molecule has 0 spiro atoms. The van der Waals surface area contributed by atoms with E-state index in [0.717, 1.165) is 0 Å². The fourth-order valence-corrected chi connectivity index (χ4v) is 1.63. The van der Waals surface area contributed by atoms with Crippen molar-refractivity contribution in [3.8, 4) is 0 Å². The third-order valence-corrected chi connectivity index (χ3v) is 2.10. The first-order valence-corrected chi connectivity index (χ1v) is 3.90. The van der Waals surface area contributed by atoms with Gasteiger partial charge in [-0.3, -0.25) is 0 Å². The largest absolute Gasteiger partial charge is 4.00 e. The van der Waals surface area contributed by atoms with Gasteiger partial charge >= 0.3 is 21.7 Å².